The molecule has 0 saturated carbocycles. The van der Waals surface area contributed by atoms with Gasteiger partial charge in [0.25, 0.3) is 0 Å². The van der Waals surface area contributed by atoms with Crippen LogP contribution in [0.15, 0.2) is 24.3 Å². The van der Waals surface area contributed by atoms with Gasteiger partial charge in [-0.1, -0.05) is 6.04 Å². The molecule has 1 amide bonds. The number of alkyl carbamates (subject to hydrolysis) is 1. The van der Waals surface area contributed by atoms with E-state index in [0.29, 0.717) is 10.3 Å². The number of nitrogens with zero attached hydrogens (tertiary/aromatic N) is 1. The van der Waals surface area contributed by atoms with Crippen molar-refractivity contribution in [1.29, 1.82) is 0 Å². The molecule has 0 bridgehead atoms. The largest absolute Gasteiger partial charge is 0.447 e. The number of aryl methyl sites for hydroxylation is 1. The van der Waals surface area contributed by atoms with E-state index >= 15 is 0 Å². The molecule has 21 heavy (non-hydrogen) atoms. The molecule has 1 atom stereocenters. The quantitative estimate of drug-likeness (QED) is 0.886. The first-order valence-electron chi connectivity index (χ1n) is 11.3. The summed E-state index contributed by atoms with van der Waals surface area (Å²) in [5.41, 5.74) is -0.998. The van der Waals surface area contributed by atoms with Gasteiger partial charge in [-0.3, -0.25) is 0 Å². The van der Waals surface area contributed by atoms with Gasteiger partial charge in [0, 0.05) is 29.1 Å². The standard InChI is InChI=1S/C16H21N3O2/c1-19(2)6-5-12-9-17-15-4-3-11(8-14(12)15)7-13-10-21-16(20)18-13/h3-4,8-9,13,17H,5-7,10H2,1-2H3,(H,18,20)/t13-/m0/s1/i3D,4D,5D2,6D2,8D,9D/hD2. The molecule has 5 heteroatoms. The van der Waals surface area contributed by atoms with Crippen LogP contribution in [0.25, 0.3) is 10.9 Å². The van der Waals surface area contributed by atoms with Crippen LogP contribution in [0.1, 0.15) is 22.1 Å². The summed E-state index contributed by atoms with van der Waals surface area (Å²) in [5.74, 6) is 0. The Morgan fingerprint density at radius 1 is 1.57 bits per heavy atom. The normalized spacial score (nSPS) is 26.9. The molecule has 2 heterocycles. The van der Waals surface area contributed by atoms with Gasteiger partial charge in [0.2, 0.25) is 0 Å². The second-order valence-electron chi connectivity index (χ2n) is 4.87. The number of benzene rings is 1. The van der Waals surface area contributed by atoms with Crippen molar-refractivity contribution in [1.82, 2.24) is 15.2 Å². The first-order chi connectivity index (χ1) is 14.2. The molecule has 0 radical (unpaired) electrons. The summed E-state index contributed by atoms with van der Waals surface area (Å²) < 4.78 is 87.3. The Balaban J connectivity index is 2.33. The molecule has 0 unspecified atom stereocenters. The molecule has 3 rings (SSSR count). The van der Waals surface area contributed by atoms with E-state index in [1.54, 1.807) is 0 Å². The number of carbonyl (C=O) groups excluding carboxylic acids is 1. The van der Waals surface area contributed by atoms with Crippen molar-refractivity contribution in [3.8, 4) is 0 Å². The van der Waals surface area contributed by atoms with Crippen LogP contribution in [0.2, 0.25) is 2.82 Å². The van der Waals surface area contributed by atoms with E-state index in [1.165, 1.54) is 14.1 Å². The molecule has 0 aliphatic carbocycles. The highest BCUT2D eigenvalue weighted by molar-refractivity contribution is 5.84. The van der Waals surface area contributed by atoms with E-state index in [2.05, 4.69) is 0 Å². The number of ether oxygens (including phenoxy) is 1. The number of rotatable bonds is 5. The topological polar surface area (TPSA) is 57.4 Å². The lowest BCUT2D eigenvalue weighted by Crippen LogP contribution is -2.28. The summed E-state index contributed by atoms with van der Waals surface area (Å²) in [6, 6.07) is -2.26. The van der Waals surface area contributed by atoms with Crippen LogP contribution in [-0.4, -0.2) is 49.2 Å². The molecule has 112 valence electrons. The minimum atomic E-state index is -2.85. The summed E-state index contributed by atoms with van der Waals surface area (Å²) in [4.78, 5) is 12.9. The highest BCUT2D eigenvalue weighted by Crippen LogP contribution is 2.21. The first kappa shape index (κ1) is 6.40. The van der Waals surface area contributed by atoms with E-state index in [0.717, 1.165) is 4.90 Å². The number of cyclic esters (lactones) is 1. The van der Waals surface area contributed by atoms with Gasteiger partial charge < -0.3 is 19.9 Å². The van der Waals surface area contributed by atoms with E-state index in [4.69, 9.17) is 18.5 Å². The summed E-state index contributed by atoms with van der Waals surface area (Å²) in [5, 5.41) is 0.247. The molecule has 1 saturated heterocycles. The summed E-state index contributed by atoms with van der Waals surface area (Å²) in [7, 11) is 2.62. The van der Waals surface area contributed by atoms with Crippen LogP contribution in [0.4, 0.5) is 4.79 Å². The van der Waals surface area contributed by atoms with Gasteiger partial charge in [0.1, 0.15) is 6.61 Å². The maximum atomic E-state index is 11.5. The molecular weight excluding hydrogens is 266 g/mol. The maximum Gasteiger partial charge on any atom is 0.407 e. The summed E-state index contributed by atoms with van der Waals surface area (Å²) >= 11 is 0. The van der Waals surface area contributed by atoms with Gasteiger partial charge in [-0.2, -0.15) is 0 Å². The molecular formula is C16H21N3O2. The Bertz CT molecular complexity index is 1070. The van der Waals surface area contributed by atoms with E-state index < -0.39 is 54.9 Å². The third kappa shape index (κ3) is 3.19. The molecule has 0 spiro atoms. The van der Waals surface area contributed by atoms with Crippen LogP contribution in [-0.2, 0) is 17.5 Å². The lowest BCUT2D eigenvalue weighted by molar-refractivity contribution is 0.177. The van der Waals surface area contributed by atoms with Crippen molar-refractivity contribution in [2.75, 3.05) is 27.2 Å². The van der Waals surface area contributed by atoms with Crippen LogP contribution < -0.4 is 5.31 Å². The number of fused-ring (bicyclic) bond motifs is 1. The zero-order chi connectivity index (χ0) is 23.6. The molecule has 1 aliphatic rings. The van der Waals surface area contributed by atoms with Crippen LogP contribution >= 0.6 is 0 Å². The highest BCUT2D eigenvalue weighted by Gasteiger charge is 2.22. The fraction of sp³-hybridized carbons (Fsp3) is 0.438. The van der Waals surface area contributed by atoms with Crippen molar-refractivity contribution in [3.63, 3.8) is 0 Å². The SMILES string of the molecule is [2H]c1c(C[C@H]2COC(=O)N2[2H])c([2H])c2c(C([2H])([2H])C([2H])([2H])N(C)C)c([2H])n([2H])c2c1[2H]. The number of aromatic nitrogens is 1. The number of nitrogens with one attached hydrogen (secondary N) is 2. The number of aromatic amines is 1. The maximum absolute atomic E-state index is 11.5. The molecule has 2 aromatic rings. The van der Waals surface area contributed by atoms with Crippen molar-refractivity contribution in [2.45, 2.75) is 18.8 Å². The molecule has 1 fully saturated rings. The molecule has 2 N–H and O–H groups in total. The average Bonchev–Trinajstić information content (AvgIpc) is 3.14. The van der Waals surface area contributed by atoms with E-state index in [1.807, 2.05) is 0 Å². The number of likely N-dealkylation sites (N-methyl/N-ethyl adjacent to an activating group) is 1. The minimum Gasteiger partial charge on any atom is -0.447 e. The fourth-order valence-corrected chi connectivity index (χ4v) is 1.96. The predicted octanol–water partition coefficient (Wildman–Crippen LogP) is 1.92. The molecule has 1 aliphatic heterocycles. The lowest BCUT2D eigenvalue weighted by Gasteiger charge is -2.09. The highest BCUT2D eigenvalue weighted by atomic mass is 16.6. The smallest absolute Gasteiger partial charge is 0.407 e. The minimum absolute atomic E-state index is 0.0777. The summed E-state index contributed by atoms with van der Waals surface area (Å²) in [6.45, 7) is -2.79. The Morgan fingerprint density at radius 2 is 2.43 bits per heavy atom. The number of amides is 1. The molecule has 1 aromatic carbocycles. The van der Waals surface area contributed by atoms with Gasteiger partial charge in [0.05, 0.1) is 11.5 Å². The van der Waals surface area contributed by atoms with Gasteiger partial charge >= 0.3 is 6.09 Å². The van der Waals surface area contributed by atoms with E-state index in [-0.39, 0.29) is 29.5 Å². The zero-order valence-electron chi connectivity index (χ0n) is 21.6. The van der Waals surface area contributed by atoms with Crippen molar-refractivity contribution < 1.29 is 23.3 Å². The third-order valence-corrected chi connectivity index (χ3v) is 2.91. The Morgan fingerprint density at radius 3 is 3.14 bits per heavy atom. The fourth-order valence-electron chi connectivity index (χ4n) is 1.96. The Kier molecular flexibility index (Phi) is 1.76. The van der Waals surface area contributed by atoms with Crippen molar-refractivity contribution in [2.24, 2.45) is 0 Å². The predicted molar refractivity (Wildman–Crippen MR) is 82.5 cm³/mol. The number of carbonyl (C=O) groups is 1. The first-order valence-corrected chi connectivity index (χ1v) is 6.41. The number of hydrogen-bond acceptors (Lipinski definition) is 3. The summed E-state index contributed by atoms with van der Waals surface area (Å²) in [6.07, 6.45) is -4.67. The van der Waals surface area contributed by atoms with Gasteiger partial charge in [-0.25, -0.2) is 4.79 Å². The van der Waals surface area contributed by atoms with Crippen LogP contribution in [0, 0.1) is 0 Å². The Hall–Kier alpha value is -2.01. The molecule has 5 nitrogen and oxygen atoms in total. The third-order valence-electron chi connectivity index (χ3n) is 2.91. The van der Waals surface area contributed by atoms with E-state index in [9.17, 15) is 4.79 Å². The second-order valence-corrected chi connectivity index (χ2v) is 4.87. The Labute approximate surface area is 138 Å². The number of hydrogen-bond donors (Lipinski definition) is 2. The zero-order valence-corrected chi connectivity index (χ0v) is 11.6. The van der Waals surface area contributed by atoms with Crippen LogP contribution in [0.3, 0.4) is 0 Å². The van der Waals surface area contributed by atoms with Gasteiger partial charge in [0.15, 0.2) is 2.82 Å². The van der Waals surface area contributed by atoms with Gasteiger partial charge in [-0.05, 0) is 50.1 Å². The monoisotopic (exact) mass is 297 g/mol. The van der Waals surface area contributed by atoms with Crippen molar-refractivity contribution >= 4 is 17.0 Å². The number of H-pyrrole nitrogens is 1. The van der Waals surface area contributed by atoms with Crippen molar-refractivity contribution in [3.05, 3.63) is 35.4 Å². The second kappa shape index (κ2) is 5.77. The van der Waals surface area contributed by atoms with Gasteiger partial charge in [-0.15, -0.1) is 0 Å². The lowest BCUT2D eigenvalue weighted by atomic mass is 10.0. The molecule has 1 aromatic heterocycles. The average molecular weight is 297 g/mol. The van der Waals surface area contributed by atoms with Crippen LogP contribution in [0.5, 0.6) is 0 Å².